The van der Waals surface area contributed by atoms with E-state index in [-0.39, 0.29) is 0 Å². The first-order chi connectivity index (χ1) is 9.56. The van der Waals surface area contributed by atoms with Gasteiger partial charge < -0.3 is 10.2 Å². The average Bonchev–Trinajstić information content (AvgIpc) is 2.45. The number of hydrogen-bond donors (Lipinski definition) is 1. The van der Waals surface area contributed by atoms with Gasteiger partial charge in [0.05, 0.1) is 0 Å². The molecule has 2 aliphatic rings. The lowest BCUT2D eigenvalue weighted by Crippen LogP contribution is -2.44. The molecule has 1 saturated heterocycles. The molecule has 1 fully saturated rings. The summed E-state index contributed by atoms with van der Waals surface area (Å²) in [6, 6.07) is 10.3. The van der Waals surface area contributed by atoms with Crippen molar-refractivity contribution in [2.75, 3.05) is 20.1 Å². The van der Waals surface area contributed by atoms with Gasteiger partial charge in [-0.3, -0.25) is 0 Å². The minimum Gasteiger partial charge on any atom is -0.307 e. The second-order valence-electron chi connectivity index (χ2n) is 7.31. The van der Waals surface area contributed by atoms with E-state index in [9.17, 15) is 0 Å². The molecule has 0 amide bonds. The van der Waals surface area contributed by atoms with Crippen molar-refractivity contribution in [3.8, 4) is 0 Å². The first kappa shape index (κ1) is 14.1. The van der Waals surface area contributed by atoms with Crippen LogP contribution in [0.5, 0.6) is 0 Å². The molecule has 0 saturated carbocycles. The van der Waals surface area contributed by atoms with Gasteiger partial charge in [0, 0.05) is 12.1 Å². The molecule has 0 radical (unpaired) electrons. The summed E-state index contributed by atoms with van der Waals surface area (Å²) in [4.78, 5) is 2.44. The van der Waals surface area contributed by atoms with E-state index in [0.717, 1.165) is 0 Å². The van der Waals surface area contributed by atoms with Crippen LogP contribution in [0.25, 0.3) is 0 Å². The largest absolute Gasteiger partial charge is 0.307 e. The summed E-state index contributed by atoms with van der Waals surface area (Å²) in [5, 5.41) is 3.95. The second kappa shape index (κ2) is 5.50. The Morgan fingerprint density at radius 3 is 2.55 bits per heavy atom. The molecular weight excluding hydrogens is 244 g/mol. The van der Waals surface area contributed by atoms with Crippen molar-refractivity contribution >= 4 is 0 Å². The van der Waals surface area contributed by atoms with Gasteiger partial charge in [0.25, 0.3) is 0 Å². The van der Waals surface area contributed by atoms with Crippen LogP contribution >= 0.6 is 0 Å². The summed E-state index contributed by atoms with van der Waals surface area (Å²) in [5.41, 5.74) is 3.43. The van der Waals surface area contributed by atoms with E-state index in [4.69, 9.17) is 0 Å². The third-order valence-corrected chi connectivity index (χ3v) is 5.28. The van der Waals surface area contributed by atoms with Gasteiger partial charge in [-0.1, -0.05) is 38.1 Å². The third kappa shape index (κ3) is 2.77. The Morgan fingerprint density at radius 2 is 1.80 bits per heavy atom. The first-order valence-electron chi connectivity index (χ1n) is 8.10. The highest BCUT2D eigenvalue weighted by Gasteiger charge is 2.33. The quantitative estimate of drug-likeness (QED) is 0.886. The zero-order valence-corrected chi connectivity index (χ0v) is 13.2. The molecule has 1 heterocycles. The van der Waals surface area contributed by atoms with Crippen LogP contribution in [-0.4, -0.2) is 31.1 Å². The smallest absolute Gasteiger partial charge is 0.0325 e. The van der Waals surface area contributed by atoms with E-state index < -0.39 is 0 Å². The first-order valence-corrected chi connectivity index (χ1v) is 8.10. The number of nitrogens with zero attached hydrogens (tertiary/aromatic N) is 1. The van der Waals surface area contributed by atoms with E-state index in [2.05, 4.69) is 55.4 Å². The van der Waals surface area contributed by atoms with Gasteiger partial charge in [0.2, 0.25) is 0 Å². The third-order valence-electron chi connectivity index (χ3n) is 5.28. The van der Waals surface area contributed by atoms with Crippen LogP contribution in [-0.2, 0) is 5.41 Å². The molecule has 0 aromatic heterocycles. The molecule has 3 rings (SSSR count). The predicted molar refractivity (Wildman–Crippen MR) is 85.1 cm³/mol. The van der Waals surface area contributed by atoms with E-state index >= 15 is 0 Å². The lowest BCUT2D eigenvalue weighted by atomic mass is 9.71. The highest BCUT2D eigenvalue weighted by atomic mass is 15.1. The van der Waals surface area contributed by atoms with Crippen LogP contribution < -0.4 is 5.32 Å². The predicted octanol–water partition coefficient (Wildman–Crippen LogP) is 3.48. The van der Waals surface area contributed by atoms with Crippen LogP contribution in [0.15, 0.2) is 24.3 Å². The topological polar surface area (TPSA) is 15.3 Å². The maximum absolute atomic E-state index is 3.95. The Bertz CT molecular complexity index is 458. The van der Waals surface area contributed by atoms with Crippen molar-refractivity contribution in [2.24, 2.45) is 0 Å². The van der Waals surface area contributed by atoms with Crippen molar-refractivity contribution < 1.29 is 0 Å². The summed E-state index contributed by atoms with van der Waals surface area (Å²) >= 11 is 0. The molecule has 1 unspecified atom stereocenters. The Hall–Kier alpha value is -0.860. The lowest BCUT2D eigenvalue weighted by Gasteiger charge is -2.40. The van der Waals surface area contributed by atoms with Gasteiger partial charge in [0.15, 0.2) is 0 Å². The zero-order chi connectivity index (χ0) is 14.2. The van der Waals surface area contributed by atoms with Gasteiger partial charge in [-0.25, -0.2) is 0 Å². The number of rotatable bonds is 2. The summed E-state index contributed by atoms with van der Waals surface area (Å²) in [6.07, 6.45) is 5.14. The van der Waals surface area contributed by atoms with Crippen LogP contribution in [0.2, 0.25) is 0 Å². The number of nitrogens with one attached hydrogen (secondary N) is 1. The van der Waals surface area contributed by atoms with Crippen molar-refractivity contribution in [1.82, 2.24) is 10.2 Å². The number of piperidine rings is 1. The van der Waals surface area contributed by atoms with Crippen molar-refractivity contribution in [2.45, 2.75) is 57.0 Å². The van der Waals surface area contributed by atoms with E-state index in [1.54, 1.807) is 11.1 Å². The number of benzene rings is 1. The summed E-state index contributed by atoms with van der Waals surface area (Å²) < 4.78 is 0. The SMILES string of the molecule is CN1CCC(NC2CCC(C)(C)c3ccccc32)CC1. The highest BCUT2D eigenvalue weighted by molar-refractivity contribution is 5.38. The van der Waals surface area contributed by atoms with Gasteiger partial charge >= 0.3 is 0 Å². The van der Waals surface area contributed by atoms with Crippen molar-refractivity contribution in [3.05, 3.63) is 35.4 Å². The monoisotopic (exact) mass is 272 g/mol. The molecule has 110 valence electrons. The van der Waals surface area contributed by atoms with Crippen molar-refractivity contribution in [1.29, 1.82) is 0 Å². The molecule has 0 spiro atoms. The second-order valence-corrected chi connectivity index (χ2v) is 7.31. The van der Waals surface area contributed by atoms with Gasteiger partial charge in [-0.15, -0.1) is 0 Å². The summed E-state index contributed by atoms with van der Waals surface area (Å²) in [5.74, 6) is 0. The molecule has 1 aromatic carbocycles. The Balaban J connectivity index is 1.75. The Kier molecular flexibility index (Phi) is 3.87. The Morgan fingerprint density at radius 1 is 1.10 bits per heavy atom. The minimum atomic E-state index is 0.335. The number of likely N-dealkylation sites (tertiary alicyclic amines) is 1. The van der Waals surface area contributed by atoms with Gasteiger partial charge in [0.1, 0.15) is 0 Å². The number of hydrogen-bond acceptors (Lipinski definition) is 2. The fraction of sp³-hybridized carbons (Fsp3) is 0.667. The van der Waals surface area contributed by atoms with Crippen molar-refractivity contribution in [3.63, 3.8) is 0 Å². The maximum atomic E-state index is 3.95. The minimum absolute atomic E-state index is 0.335. The lowest BCUT2D eigenvalue weighted by molar-refractivity contribution is 0.215. The van der Waals surface area contributed by atoms with Crippen LogP contribution in [0.4, 0.5) is 0 Å². The average molecular weight is 272 g/mol. The van der Waals surface area contributed by atoms with Gasteiger partial charge in [-0.2, -0.15) is 0 Å². The molecule has 1 aliphatic carbocycles. The van der Waals surface area contributed by atoms with E-state index in [1.807, 2.05) is 0 Å². The van der Waals surface area contributed by atoms with E-state index in [1.165, 1.54) is 38.8 Å². The Labute approximate surface area is 123 Å². The molecule has 1 atom stereocenters. The molecule has 0 bridgehead atoms. The van der Waals surface area contributed by atoms with Crippen LogP contribution in [0.3, 0.4) is 0 Å². The molecule has 1 aliphatic heterocycles. The standard InChI is InChI=1S/C18H28N2/c1-18(2)11-8-17(15-6-4-5-7-16(15)18)19-14-9-12-20(3)13-10-14/h4-7,14,17,19H,8-13H2,1-3H3. The molecule has 1 aromatic rings. The fourth-order valence-corrected chi connectivity index (χ4v) is 3.85. The highest BCUT2D eigenvalue weighted by Crippen LogP contribution is 2.41. The van der Waals surface area contributed by atoms with Gasteiger partial charge in [-0.05, 0) is 62.4 Å². The molecule has 2 heteroatoms. The number of fused-ring (bicyclic) bond motifs is 1. The van der Waals surface area contributed by atoms with Crippen LogP contribution in [0, 0.1) is 0 Å². The molecular formula is C18H28N2. The summed E-state index contributed by atoms with van der Waals surface area (Å²) in [7, 11) is 2.23. The fourth-order valence-electron chi connectivity index (χ4n) is 3.85. The zero-order valence-electron chi connectivity index (χ0n) is 13.2. The summed E-state index contributed by atoms with van der Waals surface area (Å²) in [6.45, 7) is 7.24. The molecule has 20 heavy (non-hydrogen) atoms. The normalized spacial score (nSPS) is 27.2. The van der Waals surface area contributed by atoms with Crippen LogP contribution in [0.1, 0.15) is 56.7 Å². The molecule has 1 N–H and O–H groups in total. The maximum Gasteiger partial charge on any atom is 0.0325 e. The molecule has 2 nitrogen and oxygen atoms in total. The van der Waals surface area contributed by atoms with E-state index in [0.29, 0.717) is 17.5 Å².